The van der Waals surface area contributed by atoms with E-state index in [1.165, 1.54) is 0 Å². The van der Waals surface area contributed by atoms with Gasteiger partial charge >= 0.3 is 5.97 Å². The average Bonchev–Trinajstić information content (AvgIpc) is 1.63. The smallest absolute Gasteiger partial charge is 0.307 e. The molecule has 2 N–H and O–H groups in total. The molecule has 54 valence electrons. The maximum Gasteiger partial charge on any atom is 0.307 e. The van der Waals surface area contributed by atoms with Gasteiger partial charge in [0.25, 0.3) is 0 Å². The Morgan fingerprint density at radius 1 is 1.78 bits per heavy atom. The minimum absolute atomic E-state index is 0.0935. The summed E-state index contributed by atoms with van der Waals surface area (Å²) in [5, 5.41) is 0. The summed E-state index contributed by atoms with van der Waals surface area (Å²) in [6, 6.07) is -0.0935. The van der Waals surface area contributed by atoms with E-state index >= 15 is 0 Å². The van der Waals surface area contributed by atoms with E-state index in [1.807, 2.05) is 0 Å². The number of carbonyl (C=O) groups is 1. The first-order valence-electron chi connectivity index (χ1n) is 3.08. The lowest BCUT2D eigenvalue weighted by molar-refractivity contribution is -0.143. The summed E-state index contributed by atoms with van der Waals surface area (Å²) >= 11 is 0. The molecule has 0 aromatic heterocycles. The Hall–Kier alpha value is -0.570. The van der Waals surface area contributed by atoms with Crippen molar-refractivity contribution in [2.45, 2.75) is 26.3 Å². The minimum Gasteiger partial charge on any atom is -0.466 e. The van der Waals surface area contributed by atoms with Crippen LogP contribution in [0.2, 0.25) is 0 Å². The largest absolute Gasteiger partial charge is 0.466 e. The molecule has 0 aromatic rings. The number of esters is 1. The first kappa shape index (κ1) is 8.43. The highest BCUT2D eigenvalue weighted by Gasteiger charge is 2.03. The molecule has 0 heterocycles. The lowest BCUT2D eigenvalue weighted by atomic mass is 10.3. The van der Waals surface area contributed by atoms with Crippen molar-refractivity contribution in [3.63, 3.8) is 0 Å². The molecule has 0 aromatic carbocycles. The Balaban J connectivity index is 3.27. The van der Waals surface area contributed by atoms with Gasteiger partial charge in [-0.15, -0.1) is 0 Å². The molecule has 0 bridgehead atoms. The van der Waals surface area contributed by atoms with E-state index in [2.05, 4.69) is 4.74 Å². The summed E-state index contributed by atoms with van der Waals surface area (Å²) in [5.41, 5.74) is 5.32. The van der Waals surface area contributed by atoms with Gasteiger partial charge in [-0.2, -0.15) is 0 Å². The van der Waals surface area contributed by atoms with E-state index in [0.717, 1.165) is 0 Å². The highest BCUT2D eigenvalue weighted by Crippen LogP contribution is 1.89. The molecular formula is C6H13NO2. The Labute approximate surface area is 55.2 Å². The van der Waals surface area contributed by atoms with Crippen LogP contribution in [0.3, 0.4) is 0 Å². The molecule has 0 radical (unpaired) electrons. The van der Waals surface area contributed by atoms with Crippen LogP contribution in [-0.2, 0) is 9.53 Å². The molecule has 0 amide bonds. The Kier molecular flexibility index (Phi) is 4.05. The Bertz CT molecular complexity index is 91.1. The van der Waals surface area contributed by atoms with E-state index < -0.39 is 0 Å². The second-order valence-corrected chi connectivity index (χ2v) is 1.99. The molecular weight excluding hydrogens is 118 g/mol. The summed E-state index contributed by atoms with van der Waals surface area (Å²) in [5.74, 6) is -0.215. The zero-order valence-electron chi connectivity index (χ0n) is 5.89. The summed E-state index contributed by atoms with van der Waals surface area (Å²) < 4.78 is 4.63. The van der Waals surface area contributed by atoms with Gasteiger partial charge in [0.1, 0.15) is 0 Å². The first-order valence-corrected chi connectivity index (χ1v) is 3.08. The molecule has 1 atom stereocenters. The van der Waals surface area contributed by atoms with Crippen LogP contribution in [0.4, 0.5) is 0 Å². The fourth-order valence-electron chi connectivity index (χ4n) is 0.483. The number of rotatable bonds is 3. The Morgan fingerprint density at radius 2 is 2.33 bits per heavy atom. The van der Waals surface area contributed by atoms with Crippen molar-refractivity contribution in [2.75, 3.05) is 6.61 Å². The van der Waals surface area contributed by atoms with E-state index in [9.17, 15) is 4.79 Å². The first-order chi connectivity index (χ1) is 4.16. The molecule has 0 saturated heterocycles. The van der Waals surface area contributed by atoms with Gasteiger partial charge in [-0.1, -0.05) is 0 Å². The summed E-state index contributed by atoms with van der Waals surface area (Å²) in [4.78, 5) is 10.6. The maximum absolute atomic E-state index is 10.6. The lowest BCUT2D eigenvalue weighted by Gasteiger charge is -2.02. The topological polar surface area (TPSA) is 52.3 Å². The van der Waals surface area contributed by atoms with Crippen LogP contribution in [0.15, 0.2) is 0 Å². The number of nitrogens with two attached hydrogens (primary N) is 1. The summed E-state index contributed by atoms with van der Waals surface area (Å²) in [6.07, 6.45) is 0.313. The molecule has 0 unspecified atom stereocenters. The number of hydrogen-bond donors (Lipinski definition) is 1. The highest BCUT2D eigenvalue weighted by atomic mass is 16.5. The van der Waals surface area contributed by atoms with Crippen LogP contribution in [0, 0.1) is 0 Å². The third-order valence-corrected chi connectivity index (χ3v) is 0.794. The van der Waals surface area contributed by atoms with Gasteiger partial charge in [0.15, 0.2) is 0 Å². The van der Waals surface area contributed by atoms with Gasteiger partial charge in [-0.3, -0.25) is 4.79 Å². The van der Waals surface area contributed by atoms with E-state index in [-0.39, 0.29) is 12.0 Å². The van der Waals surface area contributed by atoms with Gasteiger partial charge in [0.2, 0.25) is 0 Å². The molecule has 0 aliphatic heterocycles. The standard InChI is InChI=1S/C6H13NO2/c1-3-9-6(8)4-5(2)7/h5H,3-4,7H2,1-2H3/t5-/m0/s1. The second-order valence-electron chi connectivity index (χ2n) is 1.99. The monoisotopic (exact) mass is 131 g/mol. The molecule has 3 heteroatoms. The van der Waals surface area contributed by atoms with E-state index in [1.54, 1.807) is 13.8 Å². The molecule has 3 nitrogen and oxygen atoms in total. The van der Waals surface area contributed by atoms with Crippen molar-refractivity contribution < 1.29 is 9.53 Å². The SMILES string of the molecule is CCOC(=O)C[C@H](C)N. The third-order valence-electron chi connectivity index (χ3n) is 0.794. The normalized spacial score (nSPS) is 12.8. The zero-order valence-corrected chi connectivity index (χ0v) is 5.89. The van der Waals surface area contributed by atoms with Crippen LogP contribution in [0.1, 0.15) is 20.3 Å². The fourth-order valence-corrected chi connectivity index (χ4v) is 0.483. The average molecular weight is 131 g/mol. The number of carbonyl (C=O) groups excluding carboxylic acids is 1. The van der Waals surface area contributed by atoms with Gasteiger partial charge < -0.3 is 10.5 Å². The maximum atomic E-state index is 10.6. The molecule has 0 saturated carbocycles. The minimum atomic E-state index is -0.215. The third kappa shape index (κ3) is 5.30. The van der Waals surface area contributed by atoms with Crippen LogP contribution in [0.5, 0.6) is 0 Å². The highest BCUT2D eigenvalue weighted by molar-refractivity contribution is 5.69. The van der Waals surface area contributed by atoms with Gasteiger partial charge in [-0.05, 0) is 13.8 Å². The fraction of sp³-hybridized carbons (Fsp3) is 0.833. The van der Waals surface area contributed by atoms with Crippen molar-refractivity contribution in [1.82, 2.24) is 0 Å². The lowest BCUT2D eigenvalue weighted by Crippen LogP contribution is -2.20. The number of hydrogen-bond acceptors (Lipinski definition) is 3. The van der Waals surface area contributed by atoms with Crippen LogP contribution in [-0.4, -0.2) is 18.6 Å². The van der Waals surface area contributed by atoms with Gasteiger partial charge in [-0.25, -0.2) is 0 Å². The molecule has 0 spiro atoms. The van der Waals surface area contributed by atoms with Crippen molar-refractivity contribution in [3.05, 3.63) is 0 Å². The van der Waals surface area contributed by atoms with E-state index in [0.29, 0.717) is 13.0 Å². The van der Waals surface area contributed by atoms with Crippen LogP contribution in [0.25, 0.3) is 0 Å². The zero-order chi connectivity index (χ0) is 7.28. The predicted octanol–water partition coefficient (Wildman–Crippen LogP) is 0.287. The van der Waals surface area contributed by atoms with Crippen LogP contribution < -0.4 is 5.73 Å². The predicted molar refractivity (Wildman–Crippen MR) is 34.9 cm³/mol. The second kappa shape index (κ2) is 4.32. The van der Waals surface area contributed by atoms with Gasteiger partial charge in [0, 0.05) is 6.04 Å². The van der Waals surface area contributed by atoms with Crippen molar-refractivity contribution in [1.29, 1.82) is 0 Å². The van der Waals surface area contributed by atoms with E-state index in [4.69, 9.17) is 5.73 Å². The molecule has 0 fully saturated rings. The molecule has 0 aliphatic carbocycles. The quantitative estimate of drug-likeness (QED) is 0.560. The van der Waals surface area contributed by atoms with Crippen molar-refractivity contribution in [3.8, 4) is 0 Å². The molecule has 0 aliphatic rings. The summed E-state index contributed by atoms with van der Waals surface area (Å²) in [7, 11) is 0. The summed E-state index contributed by atoms with van der Waals surface area (Å²) in [6.45, 7) is 3.99. The molecule has 0 rings (SSSR count). The van der Waals surface area contributed by atoms with Crippen molar-refractivity contribution in [2.24, 2.45) is 5.73 Å². The van der Waals surface area contributed by atoms with Gasteiger partial charge in [0.05, 0.1) is 13.0 Å². The van der Waals surface area contributed by atoms with Crippen LogP contribution >= 0.6 is 0 Å². The Morgan fingerprint density at radius 3 is 2.67 bits per heavy atom. The van der Waals surface area contributed by atoms with Crippen molar-refractivity contribution >= 4 is 5.97 Å². The molecule has 9 heavy (non-hydrogen) atoms. The number of ether oxygens (including phenoxy) is 1.